The van der Waals surface area contributed by atoms with E-state index < -0.39 is 11.1 Å². The molecule has 1 aliphatic carbocycles. The van der Waals surface area contributed by atoms with E-state index in [-0.39, 0.29) is 23.5 Å². The first-order valence-electron chi connectivity index (χ1n) is 10.2. The molecule has 8 nitrogen and oxygen atoms in total. The van der Waals surface area contributed by atoms with Crippen molar-refractivity contribution in [3.8, 4) is 0 Å². The Morgan fingerprint density at radius 1 is 1.19 bits per heavy atom. The summed E-state index contributed by atoms with van der Waals surface area (Å²) in [5, 5.41) is 0.583. The fourth-order valence-corrected chi connectivity index (χ4v) is 4.73. The number of benzene rings is 1. The first kappa shape index (κ1) is 20.4. The Kier molecular flexibility index (Phi) is 4.99. The van der Waals surface area contributed by atoms with Crippen LogP contribution < -0.4 is 5.69 Å². The van der Waals surface area contributed by atoms with Crippen molar-refractivity contribution in [2.24, 2.45) is 0 Å². The van der Waals surface area contributed by atoms with Crippen molar-refractivity contribution in [1.82, 2.24) is 23.7 Å². The minimum absolute atomic E-state index is 0.0731. The SMILES string of the molecule is CC1(n2c(=O)n(Cc3nc4cc(Cl)ccc4n3CCCS(=O)O)c3cnccc32)CC1. The molecular formula is C21H22ClN5O3S. The summed E-state index contributed by atoms with van der Waals surface area (Å²) < 4.78 is 25.9. The summed E-state index contributed by atoms with van der Waals surface area (Å²) in [4.78, 5) is 22.4. The number of fused-ring (bicyclic) bond motifs is 2. The molecule has 1 atom stereocenters. The zero-order chi connectivity index (χ0) is 21.8. The van der Waals surface area contributed by atoms with Gasteiger partial charge in [-0.05, 0) is 50.5 Å². The van der Waals surface area contributed by atoms with Crippen LogP contribution in [-0.2, 0) is 29.7 Å². The molecule has 1 N–H and O–H groups in total. The summed E-state index contributed by atoms with van der Waals surface area (Å²) in [6, 6.07) is 7.37. The number of hydrogen-bond donors (Lipinski definition) is 1. The monoisotopic (exact) mass is 459 g/mol. The molecule has 162 valence electrons. The fraction of sp³-hybridized carbons (Fsp3) is 0.381. The van der Waals surface area contributed by atoms with E-state index in [0.29, 0.717) is 23.8 Å². The van der Waals surface area contributed by atoms with Crippen molar-refractivity contribution >= 4 is 44.7 Å². The molecule has 1 saturated carbocycles. The Hall–Kier alpha value is -2.49. The quantitative estimate of drug-likeness (QED) is 0.427. The van der Waals surface area contributed by atoms with Crippen molar-refractivity contribution in [3.05, 3.63) is 58.0 Å². The zero-order valence-corrected chi connectivity index (χ0v) is 18.6. The highest BCUT2D eigenvalue weighted by atomic mass is 35.5. The summed E-state index contributed by atoms with van der Waals surface area (Å²) >= 11 is 4.31. The molecule has 0 radical (unpaired) electrons. The third-order valence-electron chi connectivity index (χ3n) is 6.03. The van der Waals surface area contributed by atoms with E-state index in [1.807, 2.05) is 21.3 Å². The Balaban J connectivity index is 1.63. The molecule has 0 amide bonds. The van der Waals surface area contributed by atoms with E-state index in [1.54, 1.807) is 29.1 Å². The predicted octanol–water partition coefficient (Wildman–Crippen LogP) is 3.37. The molecule has 1 aliphatic rings. The van der Waals surface area contributed by atoms with Crippen LogP contribution >= 0.6 is 11.6 Å². The third kappa shape index (κ3) is 3.60. The second-order valence-electron chi connectivity index (χ2n) is 8.26. The van der Waals surface area contributed by atoms with Crippen molar-refractivity contribution in [3.63, 3.8) is 0 Å². The van der Waals surface area contributed by atoms with E-state index in [2.05, 4.69) is 11.9 Å². The Morgan fingerprint density at radius 3 is 2.74 bits per heavy atom. The number of pyridine rings is 1. The van der Waals surface area contributed by atoms with Crippen molar-refractivity contribution in [2.45, 2.75) is 44.8 Å². The van der Waals surface area contributed by atoms with Crippen LogP contribution in [0.15, 0.2) is 41.5 Å². The molecule has 31 heavy (non-hydrogen) atoms. The molecule has 1 unspecified atom stereocenters. The van der Waals surface area contributed by atoms with Gasteiger partial charge in [-0.25, -0.2) is 14.0 Å². The molecule has 1 fully saturated rings. The molecule has 0 saturated heterocycles. The predicted molar refractivity (Wildman–Crippen MR) is 121 cm³/mol. The molecule has 3 aromatic heterocycles. The highest BCUT2D eigenvalue weighted by Crippen LogP contribution is 2.43. The van der Waals surface area contributed by atoms with Crippen molar-refractivity contribution in [2.75, 3.05) is 5.75 Å². The first-order chi connectivity index (χ1) is 14.9. The normalized spacial score (nSPS) is 16.2. The number of nitrogens with zero attached hydrogens (tertiary/aromatic N) is 5. The fourth-order valence-electron chi connectivity index (χ4n) is 4.19. The topological polar surface area (TPSA) is 94.9 Å². The number of rotatable bonds is 7. The number of imidazole rings is 2. The number of halogens is 1. The van der Waals surface area contributed by atoms with Gasteiger partial charge in [0, 0.05) is 23.3 Å². The summed E-state index contributed by atoms with van der Waals surface area (Å²) in [6.07, 6.45) is 5.89. The molecular weight excluding hydrogens is 438 g/mol. The van der Waals surface area contributed by atoms with E-state index in [9.17, 15) is 9.00 Å². The lowest BCUT2D eigenvalue weighted by molar-refractivity contribution is 0.511. The van der Waals surface area contributed by atoms with E-state index in [1.165, 1.54) is 0 Å². The highest BCUT2D eigenvalue weighted by Gasteiger charge is 2.42. The molecule has 3 heterocycles. The molecule has 0 spiro atoms. The highest BCUT2D eigenvalue weighted by molar-refractivity contribution is 7.79. The van der Waals surface area contributed by atoms with Crippen molar-refractivity contribution in [1.29, 1.82) is 0 Å². The molecule has 10 heteroatoms. The standard InChI is InChI=1S/C21H22ClN5O3S/c1-21(6-7-21)27-17-5-8-23-12-18(17)26(20(27)28)13-19-24-15-11-14(22)3-4-16(15)25(19)9-2-10-31(29)30/h3-5,8,11-12H,2,6-7,9-10,13H2,1H3,(H,29,30). The lowest BCUT2D eigenvalue weighted by Gasteiger charge is -2.11. The van der Waals surface area contributed by atoms with Gasteiger partial charge in [0.25, 0.3) is 0 Å². The van der Waals surface area contributed by atoms with Gasteiger partial charge in [-0.2, -0.15) is 0 Å². The first-order valence-corrected chi connectivity index (χ1v) is 11.8. The van der Waals surface area contributed by atoms with Crippen LogP contribution in [0.3, 0.4) is 0 Å². The maximum atomic E-state index is 13.4. The van der Waals surface area contributed by atoms with Crippen LogP contribution in [0.4, 0.5) is 0 Å². The van der Waals surface area contributed by atoms with Gasteiger partial charge in [0.15, 0.2) is 11.1 Å². The average Bonchev–Trinajstić information content (AvgIpc) is 3.28. The molecule has 0 bridgehead atoms. The van der Waals surface area contributed by atoms with Crippen LogP contribution in [0.1, 0.15) is 32.0 Å². The van der Waals surface area contributed by atoms with Gasteiger partial charge in [0.1, 0.15) is 5.82 Å². The zero-order valence-electron chi connectivity index (χ0n) is 17.0. The van der Waals surface area contributed by atoms with Crippen LogP contribution in [0, 0.1) is 0 Å². The summed E-state index contributed by atoms with van der Waals surface area (Å²) in [5.74, 6) is 0.876. The minimum Gasteiger partial charge on any atom is -0.326 e. The van der Waals surface area contributed by atoms with Crippen LogP contribution in [0.2, 0.25) is 5.02 Å². The van der Waals surface area contributed by atoms with Crippen LogP contribution in [0.25, 0.3) is 22.1 Å². The molecule has 0 aliphatic heterocycles. The van der Waals surface area contributed by atoms with Gasteiger partial charge in [0.2, 0.25) is 0 Å². The van der Waals surface area contributed by atoms with Gasteiger partial charge in [-0.1, -0.05) is 11.6 Å². The van der Waals surface area contributed by atoms with Gasteiger partial charge in [-0.15, -0.1) is 0 Å². The molecule has 1 aromatic carbocycles. The number of hydrogen-bond acceptors (Lipinski definition) is 4. The summed E-state index contributed by atoms with van der Waals surface area (Å²) in [6.45, 7) is 2.90. The summed E-state index contributed by atoms with van der Waals surface area (Å²) in [5.41, 5.74) is 3.04. The van der Waals surface area contributed by atoms with Gasteiger partial charge in [-0.3, -0.25) is 14.1 Å². The van der Waals surface area contributed by atoms with E-state index in [0.717, 1.165) is 34.9 Å². The lowest BCUT2D eigenvalue weighted by Crippen LogP contribution is -2.31. The van der Waals surface area contributed by atoms with Crippen LogP contribution in [-0.4, -0.2) is 38.2 Å². The number of aryl methyl sites for hydroxylation is 1. The summed E-state index contributed by atoms with van der Waals surface area (Å²) in [7, 11) is 0. The number of aromatic nitrogens is 5. The van der Waals surface area contributed by atoms with E-state index >= 15 is 0 Å². The Morgan fingerprint density at radius 2 is 2.00 bits per heavy atom. The Labute approximate surface area is 185 Å². The van der Waals surface area contributed by atoms with E-state index in [4.69, 9.17) is 21.1 Å². The third-order valence-corrected chi connectivity index (χ3v) is 6.91. The largest absolute Gasteiger partial charge is 0.330 e. The van der Waals surface area contributed by atoms with Gasteiger partial charge >= 0.3 is 5.69 Å². The second-order valence-corrected chi connectivity index (χ2v) is 9.74. The Bertz CT molecular complexity index is 1390. The molecule has 5 rings (SSSR count). The molecule has 4 aromatic rings. The second kappa shape index (κ2) is 7.58. The van der Waals surface area contributed by atoms with Crippen molar-refractivity contribution < 1.29 is 8.76 Å². The lowest BCUT2D eigenvalue weighted by atomic mass is 10.3. The van der Waals surface area contributed by atoms with Crippen LogP contribution in [0.5, 0.6) is 0 Å². The average molecular weight is 460 g/mol. The minimum atomic E-state index is -1.85. The maximum absolute atomic E-state index is 13.4. The van der Waals surface area contributed by atoms with Gasteiger partial charge < -0.3 is 9.12 Å². The smallest absolute Gasteiger partial charge is 0.326 e. The maximum Gasteiger partial charge on any atom is 0.330 e. The van der Waals surface area contributed by atoms with Gasteiger partial charge in [0.05, 0.1) is 40.6 Å².